The van der Waals surface area contributed by atoms with Crippen LogP contribution in [0.4, 0.5) is 5.82 Å². The standard InChI is InChI=1S/C13H24N4O.ClH/c1-4-6-7-10-9-11(17-16-10)15-12(18)13(3,14)8-5-2;/h9H,4-8,14H2,1-3H3,(H2,15,16,17,18);1H. The van der Waals surface area contributed by atoms with E-state index in [0.717, 1.165) is 31.4 Å². The van der Waals surface area contributed by atoms with Crippen molar-refractivity contribution in [2.24, 2.45) is 5.73 Å². The van der Waals surface area contributed by atoms with Crippen LogP contribution in [-0.2, 0) is 11.2 Å². The van der Waals surface area contributed by atoms with Crippen LogP contribution in [0.1, 0.15) is 52.1 Å². The zero-order valence-electron chi connectivity index (χ0n) is 12.0. The number of aromatic nitrogens is 2. The SMILES string of the molecule is CCCCc1cc(NC(=O)C(C)(N)CCC)n[nH]1.Cl. The van der Waals surface area contributed by atoms with E-state index >= 15 is 0 Å². The smallest absolute Gasteiger partial charge is 0.245 e. The van der Waals surface area contributed by atoms with Gasteiger partial charge in [0.2, 0.25) is 5.91 Å². The van der Waals surface area contributed by atoms with E-state index in [9.17, 15) is 4.79 Å². The molecule has 1 heterocycles. The molecular formula is C13H25ClN4O. The van der Waals surface area contributed by atoms with E-state index in [0.29, 0.717) is 12.2 Å². The van der Waals surface area contributed by atoms with Crippen molar-refractivity contribution in [1.82, 2.24) is 10.2 Å². The van der Waals surface area contributed by atoms with Gasteiger partial charge in [-0.3, -0.25) is 9.89 Å². The van der Waals surface area contributed by atoms with Crippen LogP contribution >= 0.6 is 12.4 Å². The molecule has 0 bridgehead atoms. The lowest BCUT2D eigenvalue weighted by molar-refractivity contribution is -0.120. The molecule has 0 saturated heterocycles. The van der Waals surface area contributed by atoms with Crippen molar-refractivity contribution in [1.29, 1.82) is 0 Å². The first-order valence-corrected chi connectivity index (χ1v) is 6.64. The van der Waals surface area contributed by atoms with Gasteiger partial charge in [0.25, 0.3) is 0 Å². The summed E-state index contributed by atoms with van der Waals surface area (Å²) in [6.45, 7) is 5.90. The third kappa shape index (κ3) is 5.61. The molecule has 0 saturated carbocycles. The number of nitrogens with zero attached hydrogens (tertiary/aromatic N) is 1. The number of unbranched alkanes of at least 4 members (excludes halogenated alkanes) is 1. The first-order chi connectivity index (χ1) is 8.49. The highest BCUT2D eigenvalue weighted by Gasteiger charge is 2.27. The zero-order chi connectivity index (χ0) is 13.6. The number of nitrogens with one attached hydrogen (secondary N) is 2. The number of rotatable bonds is 7. The summed E-state index contributed by atoms with van der Waals surface area (Å²) in [7, 11) is 0. The Morgan fingerprint density at radius 2 is 2.16 bits per heavy atom. The summed E-state index contributed by atoms with van der Waals surface area (Å²) in [6.07, 6.45) is 4.74. The number of carbonyl (C=O) groups excluding carboxylic acids is 1. The number of amides is 1. The Balaban J connectivity index is 0.00000324. The Bertz CT molecular complexity index is 390. The third-order valence-electron chi connectivity index (χ3n) is 2.96. The quantitative estimate of drug-likeness (QED) is 0.721. The molecule has 1 atom stereocenters. The summed E-state index contributed by atoms with van der Waals surface area (Å²) >= 11 is 0. The molecule has 1 unspecified atom stereocenters. The monoisotopic (exact) mass is 288 g/mol. The van der Waals surface area contributed by atoms with Crippen LogP contribution in [-0.4, -0.2) is 21.6 Å². The number of hydrogen-bond donors (Lipinski definition) is 3. The van der Waals surface area contributed by atoms with E-state index in [2.05, 4.69) is 22.4 Å². The maximum Gasteiger partial charge on any atom is 0.245 e. The summed E-state index contributed by atoms with van der Waals surface area (Å²) in [5.41, 5.74) is 6.16. The van der Waals surface area contributed by atoms with Crippen LogP contribution in [0.25, 0.3) is 0 Å². The number of hydrogen-bond acceptors (Lipinski definition) is 3. The summed E-state index contributed by atoms with van der Waals surface area (Å²) < 4.78 is 0. The molecule has 0 aliphatic carbocycles. The van der Waals surface area contributed by atoms with Crippen molar-refractivity contribution < 1.29 is 4.79 Å². The molecule has 0 radical (unpaired) electrons. The van der Waals surface area contributed by atoms with E-state index in [1.807, 2.05) is 13.0 Å². The van der Waals surface area contributed by atoms with Crippen molar-refractivity contribution >= 4 is 24.1 Å². The van der Waals surface area contributed by atoms with Crippen molar-refractivity contribution in [3.05, 3.63) is 11.8 Å². The third-order valence-corrected chi connectivity index (χ3v) is 2.96. The fourth-order valence-electron chi connectivity index (χ4n) is 1.81. The summed E-state index contributed by atoms with van der Waals surface area (Å²) in [4.78, 5) is 12.0. The molecule has 0 fully saturated rings. The molecule has 5 nitrogen and oxygen atoms in total. The van der Waals surface area contributed by atoms with Gasteiger partial charge in [-0.1, -0.05) is 26.7 Å². The van der Waals surface area contributed by atoms with Crippen LogP contribution < -0.4 is 11.1 Å². The Labute approximate surface area is 121 Å². The van der Waals surface area contributed by atoms with Crippen molar-refractivity contribution in [3.8, 4) is 0 Å². The lowest BCUT2D eigenvalue weighted by Gasteiger charge is -2.21. The number of carbonyl (C=O) groups is 1. The van der Waals surface area contributed by atoms with Crippen molar-refractivity contribution in [2.75, 3.05) is 5.32 Å². The van der Waals surface area contributed by atoms with Gasteiger partial charge in [-0.15, -0.1) is 12.4 Å². The second-order valence-corrected chi connectivity index (χ2v) is 5.00. The molecule has 0 aliphatic rings. The molecule has 0 spiro atoms. The molecule has 19 heavy (non-hydrogen) atoms. The van der Waals surface area contributed by atoms with E-state index in [4.69, 9.17) is 5.73 Å². The van der Waals surface area contributed by atoms with Gasteiger partial charge in [-0.25, -0.2) is 0 Å². The van der Waals surface area contributed by atoms with Gasteiger partial charge in [-0.2, -0.15) is 5.10 Å². The molecular weight excluding hydrogens is 264 g/mol. The van der Waals surface area contributed by atoms with E-state index < -0.39 is 5.54 Å². The number of nitrogens with two attached hydrogens (primary N) is 1. The molecule has 1 rings (SSSR count). The highest BCUT2D eigenvalue weighted by atomic mass is 35.5. The largest absolute Gasteiger partial charge is 0.318 e. The van der Waals surface area contributed by atoms with Gasteiger partial charge >= 0.3 is 0 Å². The molecule has 0 aromatic carbocycles. The van der Waals surface area contributed by atoms with Crippen molar-refractivity contribution in [3.63, 3.8) is 0 Å². The fraction of sp³-hybridized carbons (Fsp3) is 0.692. The topological polar surface area (TPSA) is 83.8 Å². The molecule has 110 valence electrons. The van der Waals surface area contributed by atoms with Gasteiger partial charge in [0, 0.05) is 11.8 Å². The number of anilines is 1. The molecule has 1 aromatic rings. The average Bonchev–Trinajstić information content (AvgIpc) is 2.74. The van der Waals surface area contributed by atoms with Crippen LogP contribution in [0, 0.1) is 0 Å². The van der Waals surface area contributed by atoms with Gasteiger partial charge in [0.1, 0.15) is 0 Å². The maximum absolute atomic E-state index is 12.0. The first-order valence-electron chi connectivity index (χ1n) is 6.64. The zero-order valence-corrected chi connectivity index (χ0v) is 12.8. The van der Waals surface area contributed by atoms with E-state index in [-0.39, 0.29) is 18.3 Å². The fourth-order valence-corrected chi connectivity index (χ4v) is 1.81. The highest BCUT2D eigenvalue weighted by molar-refractivity contribution is 5.96. The average molecular weight is 289 g/mol. The number of aryl methyl sites for hydroxylation is 1. The van der Waals surface area contributed by atoms with E-state index in [1.165, 1.54) is 0 Å². The Hall–Kier alpha value is -1.07. The van der Waals surface area contributed by atoms with Gasteiger partial charge in [0.05, 0.1) is 5.54 Å². The summed E-state index contributed by atoms with van der Waals surface area (Å²) in [5.74, 6) is 0.372. The highest BCUT2D eigenvalue weighted by Crippen LogP contribution is 2.13. The van der Waals surface area contributed by atoms with Gasteiger partial charge in [0.15, 0.2) is 5.82 Å². The summed E-state index contributed by atoms with van der Waals surface area (Å²) in [6, 6.07) is 1.87. The Morgan fingerprint density at radius 1 is 1.47 bits per heavy atom. The van der Waals surface area contributed by atoms with Crippen LogP contribution in [0.5, 0.6) is 0 Å². The second-order valence-electron chi connectivity index (χ2n) is 5.00. The van der Waals surface area contributed by atoms with Crippen LogP contribution in [0.3, 0.4) is 0 Å². The molecule has 6 heteroatoms. The first kappa shape index (κ1) is 17.9. The van der Waals surface area contributed by atoms with Crippen LogP contribution in [0.15, 0.2) is 6.07 Å². The molecule has 1 aromatic heterocycles. The van der Waals surface area contributed by atoms with Crippen LogP contribution in [0.2, 0.25) is 0 Å². The lowest BCUT2D eigenvalue weighted by atomic mass is 9.96. The number of halogens is 1. The normalized spacial score (nSPS) is 13.5. The molecule has 1 amide bonds. The second kappa shape index (κ2) is 8.17. The van der Waals surface area contributed by atoms with Gasteiger partial charge < -0.3 is 11.1 Å². The minimum Gasteiger partial charge on any atom is -0.318 e. The predicted molar refractivity (Wildman–Crippen MR) is 80.6 cm³/mol. The van der Waals surface area contributed by atoms with Crippen molar-refractivity contribution in [2.45, 2.75) is 58.4 Å². The van der Waals surface area contributed by atoms with Gasteiger partial charge in [-0.05, 0) is 26.2 Å². The Morgan fingerprint density at radius 3 is 2.74 bits per heavy atom. The van der Waals surface area contributed by atoms with E-state index in [1.54, 1.807) is 6.92 Å². The molecule has 0 aliphatic heterocycles. The minimum absolute atomic E-state index is 0. The number of aromatic amines is 1. The lowest BCUT2D eigenvalue weighted by Crippen LogP contribution is -2.48. The summed E-state index contributed by atoms with van der Waals surface area (Å²) in [5, 5.41) is 9.75. The molecule has 4 N–H and O–H groups in total. The number of H-pyrrole nitrogens is 1. The minimum atomic E-state index is -0.836. The Kier molecular flexibility index (Phi) is 7.71. The maximum atomic E-state index is 12.0. The predicted octanol–water partition coefficient (Wildman–Crippen LogP) is 2.63.